The van der Waals surface area contributed by atoms with E-state index in [9.17, 15) is 4.79 Å². The summed E-state index contributed by atoms with van der Waals surface area (Å²) in [5.74, 6) is -0.506. The molecule has 0 radical (unpaired) electrons. The molecule has 2 fully saturated rings. The van der Waals surface area contributed by atoms with E-state index in [2.05, 4.69) is 23.2 Å². The molecule has 4 heteroatoms. The maximum Gasteiger partial charge on any atom is 0.165 e. The van der Waals surface area contributed by atoms with E-state index in [-0.39, 0.29) is 17.8 Å². The summed E-state index contributed by atoms with van der Waals surface area (Å²) in [7, 11) is 0. The number of ether oxygens (including phenoxy) is 2. The average Bonchev–Trinajstić information content (AvgIpc) is 3.03. The zero-order chi connectivity index (χ0) is 16.0. The number of nitrogens with zero attached hydrogens (tertiary/aromatic N) is 1. The van der Waals surface area contributed by atoms with Crippen LogP contribution in [0.5, 0.6) is 0 Å². The Hall–Kier alpha value is -2.04. The Morgan fingerprint density at radius 1 is 1.13 bits per heavy atom. The first-order valence-corrected chi connectivity index (χ1v) is 7.92. The second kappa shape index (κ2) is 5.25. The molecule has 2 aromatic rings. The molecule has 1 aliphatic heterocycles. The second-order valence-corrected chi connectivity index (χ2v) is 6.66. The molecule has 118 valence electrons. The molecule has 0 amide bonds. The van der Waals surface area contributed by atoms with Crippen LogP contribution < -0.4 is 0 Å². The summed E-state index contributed by atoms with van der Waals surface area (Å²) in [6, 6.07) is 12.2. The Labute approximate surface area is 135 Å². The van der Waals surface area contributed by atoms with Gasteiger partial charge in [0.15, 0.2) is 11.6 Å². The highest BCUT2D eigenvalue weighted by Gasteiger charge is 2.53. The van der Waals surface area contributed by atoms with Gasteiger partial charge in [0.1, 0.15) is 12.2 Å². The minimum Gasteiger partial charge on any atom is -0.343 e. The molecule has 1 aromatic carbocycles. The lowest BCUT2D eigenvalue weighted by atomic mass is 9.92. The van der Waals surface area contributed by atoms with Crippen molar-refractivity contribution < 1.29 is 14.3 Å². The van der Waals surface area contributed by atoms with E-state index in [0.717, 1.165) is 16.7 Å². The molecule has 0 bridgehead atoms. The van der Waals surface area contributed by atoms with Gasteiger partial charge in [0.05, 0.1) is 0 Å². The van der Waals surface area contributed by atoms with Crippen molar-refractivity contribution in [3.8, 4) is 11.1 Å². The quantitative estimate of drug-likeness (QED) is 0.854. The Balaban J connectivity index is 1.68. The number of hydrogen-bond acceptors (Lipinski definition) is 4. The van der Waals surface area contributed by atoms with Gasteiger partial charge in [-0.25, -0.2) is 0 Å². The second-order valence-electron chi connectivity index (χ2n) is 6.66. The monoisotopic (exact) mass is 309 g/mol. The highest BCUT2D eigenvalue weighted by molar-refractivity contribution is 5.88. The van der Waals surface area contributed by atoms with Crippen molar-refractivity contribution >= 4 is 5.78 Å². The number of benzene rings is 1. The van der Waals surface area contributed by atoms with E-state index in [0.29, 0.717) is 6.42 Å². The molecule has 1 aromatic heterocycles. The number of pyridine rings is 1. The number of carbonyl (C=O) groups excluding carboxylic acids is 1. The first kappa shape index (κ1) is 14.5. The van der Waals surface area contributed by atoms with Crippen LogP contribution in [0.3, 0.4) is 0 Å². The fourth-order valence-electron chi connectivity index (χ4n) is 3.57. The van der Waals surface area contributed by atoms with E-state index in [1.807, 2.05) is 38.2 Å². The molecule has 1 saturated carbocycles. The molecular formula is C19H19NO3. The fourth-order valence-corrected chi connectivity index (χ4v) is 3.57. The van der Waals surface area contributed by atoms with Crippen LogP contribution in [0.1, 0.15) is 31.7 Å². The van der Waals surface area contributed by atoms with Crippen LogP contribution in [0, 0.1) is 0 Å². The summed E-state index contributed by atoms with van der Waals surface area (Å²) < 4.78 is 11.8. The molecule has 4 nitrogen and oxygen atoms in total. The number of carbonyl (C=O) groups is 1. The van der Waals surface area contributed by atoms with Gasteiger partial charge in [0.2, 0.25) is 0 Å². The molecule has 2 heterocycles. The first-order valence-electron chi connectivity index (χ1n) is 7.92. The van der Waals surface area contributed by atoms with Crippen molar-refractivity contribution in [1.82, 2.24) is 4.98 Å². The van der Waals surface area contributed by atoms with E-state index in [4.69, 9.17) is 9.47 Å². The van der Waals surface area contributed by atoms with Crippen molar-refractivity contribution in [2.24, 2.45) is 0 Å². The van der Waals surface area contributed by atoms with Crippen LogP contribution >= 0.6 is 0 Å². The zero-order valence-corrected chi connectivity index (χ0v) is 13.2. The molecule has 1 saturated heterocycles. The first-order chi connectivity index (χ1) is 11.0. The predicted octanol–water partition coefficient (Wildman–Crippen LogP) is 3.33. The van der Waals surface area contributed by atoms with E-state index < -0.39 is 11.9 Å². The smallest absolute Gasteiger partial charge is 0.165 e. The van der Waals surface area contributed by atoms with Crippen molar-refractivity contribution in [2.75, 3.05) is 0 Å². The van der Waals surface area contributed by atoms with Gasteiger partial charge in [-0.05, 0) is 36.6 Å². The fraction of sp³-hybridized carbons (Fsp3) is 0.368. The third-order valence-electron chi connectivity index (χ3n) is 4.57. The minimum atomic E-state index is -0.690. The molecule has 3 atom stereocenters. The summed E-state index contributed by atoms with van der Waals surface area (Å²) in [4.78, 5) is 16.4. The largest absolute Gasteiger partial charge is 0.343 e. The van der Waals surface area contributed by atoms with Gasteiger partial charge in [-0.3, -0.25) is 9.78 Å². The standard InChI is InChI=1S/C19H19NO3/c1-19(2)22-17-15(10-16(21)18(17)23-19)13-6-3-5-12(9-13)14-7-4-8-20-11-14/h3-9,11,15,17-18H,10H2,1-2H3/t15-,17-,18+/m1/s1. The molecular weight excluding hydrogens is 290 g/mol. The van der Waals surface area contributed by atoms with Crippen molar-refractivity contribution in [2.45, 2.75) is 44.2 Å². The summed E-state index contributed by atoms with van der Waals surface area (Å²) >= 11 is 0. The Morgan fingerprint density at radius 2 is 1.96 bits per heavy atom. The molecule has 23 heavy (non-hydrogen) atoms. The lowest BCUT2D eigenvalue weighted by Crippen LogP contribution is -2.25. The number of rotatable bonds is 2. The summed E-state index contributed by atoms with van der Waals surface area (Å²) in [6.07, 6.45) is 3.46. The topological polar surface area (TPSA) is 48.4 Å². The zero-order valence-electron chi connectivity index (χ0n) is 13.2. The average molecular weight is 309 g/mol. The van der Waals surface area contributed by atoms with Crippen LogP contribution in [-0.2, 0) is 14.3 Å². The normalized spacial score (nSPS) is 28.8. The molecule has 4 rings (SSSR count). The van der Waals surface area contributed by atoms with Crippen molar-refractivity contribution in [3.63, 3.8) is 0 Å². The molecule has 0 spiro atoms. The van der Waals surface area contributed by atoms with Gasteiger partial charge in [-0.2, -0.15) is 0 Å². The van der Waals surface area contributed by atoms with E-state index >= 15 is 0 Å². The Kier molecular flexibility index (Phi) is 3.32. The number of hydrogen-bond donors (Lipinski definition) is 0. The Morgan fingerprint density at radius 3 is 2.74 bits per heavy atom. The van der Waals surface area contributed by atoms with Crippen LogP contribution in [0.15, 0.2) is 48.8 Å². The number of fused-ring (bicyclic) bond motifs is 1. The van der Waals surface area contributed by atoms with Gasteiger partial charge >= 0.3 is 0 Å². The highest BCUT2D eigenvalue weighted by Crippen LogP contribution is 2.44. The number of ketones is 1. The van der Waals surface area contributed by atoms with Crippen LogP contribution in [0.4, 0.5) is 0 Å². The van der Waals surface area contributed by atoms with E-state index in [1.165, 1.54) is 0 Å². The van der Waals surface area contributed by atoms with Gasteiger partial charge in [0, 0.05) is 24.7 Å². The van der Waals surface area contributed by atoms with Crippen LogP contribution in [-0.4, -0.2) is 28.8 Å². The molecule has 0 N–H and O–H groups in total. The Bertz CT molecular complexity index is 741. The van der Waals surface area contributed by atoms with E-state index in [1.54, 1.807) is 6.20 Å². The number of Topliss-reactive ketones (excluding diaryl/α,β-unsaturated/α-hetero) is 1. The van der Waals surface area contributed by atoms with Gasteiger partial charge in [0.25, 0.3) is 0 Å². The van der Waals surface area contributed by atoms with Gasteiger partial charge < -0.3 is 9.47 Å². The maximum atomic E-state index is 12.3. The number of aromatic nitrogens is 1. The van der Waals surface area contributed by atoms with Gasteiger partial charge in [-0.1, -0.05) is 30.3 Å². The maximum absolute atomic E-state index is 12.3. The summed E-state index contributed by atoms with van der Waals surface area (Å²) in [6.45, 7) is 3.73. The van der Waals surface area contributed by atoms with Crippen molar-refractivity contribution in [3.05, 3.63) is 54.4 Å². The molecule has 2 aliphatic rings. The van der Waals surface area contributed by atoms with Crippen LogP contribution in [0.25, 0.3) is 11.1 Å². The molecule has 1 aliphatic carbocycles. The van der Waals surface area contributed by atoms with Crippen LogP contribution in [0.2, 0.25) is 0 Å². The third kappa shape index (κ3) is 2.58. The molecule has 0 unspecified atom stereocenters. The predicted molar refractivity (Wildman–Crippen MR) is 85.9 cm³/mol. The minimum absolute atomic E-state index is 0.0471. The highest BCUT2D eigenvalue weighted by atomic mass is 16.8. The van der Waals surface area contributed by atoms with Crippen molar-refractivity contribution in [1.29, 1.82) is 0 Å². The summed E-state index contributed by atoms with van der Waals surface area (Å²) in [5, 5.41) is 0. The lowest BCUT2D eigenvalue weighted by molar-refractivity contribution is -0.160. The third-order valence-corrected chi connectivity index (χ3v) is 4.57. The lowest BCUT2D eigenvalue weighted by Gasteiger charge is -2.22. The SMILES string of the molecule is CC1(C)O[C@@H]2[C@@H](c3cccc(-c4cccnc4)c3)CC(=O)[C@@H]2O1. The summed E-state index contributed by atoms with van der Waals surface area (Å²) in [5.41, 5.74) is 3.29. The van der Waals surface area contributed by atoms with Gasteiger partial charge in [-0.15, -0.1) is 0 Å².